The Hall–Kier alpha value is -2.04. The van der Waals surface area contributed by atoms with Crippen molar-refractivity contribution in [1.82, 2.24) is 0 Å². The zero-order valence-corrected chi connectivity index (χ0v) is 10.1. The van der Waals surface area contributed by atoms with E-state index in [0.717, 1.165) is 18.7 Å². The largest absolute Gasteiger partial charge is 0.479 e. The highest BCUT2D eigenvalue weighted by Crippen LogP contribution is 2.19. The maximum Gasteiger partial charge on any atom is 0.344 e. The van der Waals surface area contributed by atoms with E-state index in [1.165, 1.54) is 24.7 Å². The fourth-order valence-electron chi connectivity index (χ4n) is 1.94. The summed E-state index contributed by atoms with van der Waals surface area (Å²) in [5.74, 6) is -1.03. The minimum absolute atomic E-state index is 0.414. The first-order valence-corrected chi connectivity index (χ1v) is 5.98. The molecule has 1 aliphatic heterocycles. The van der Waals surface area contributed by atoms with Gasteiger partial charge in [0.25, 0.3) is 0 Å². The van der Waals surface area contributed by atoms with Gasteiger partial charge in [0.05, 0.1) is 6.21 Å². The molecule has 5 heteroatoms. The van der Waals surface area contributed by atoms with Crippen LogP contribution >= 0.6 is 0 Å². The molecule has 5 nitrogen and oxygen atoms in total. The van der Waals surface area contributed by atoms with Gasteiger partial charge in [-0.3, -0.25) is 0 Å². The number of hydrogen-bond donors (Lipinski definition) is 1. The summed E-state index contributed by atoms with van der Waals surface area (Å²) >= 11 is 0. The van der Waals surface area contributed by atoms with Crippen LogP contribution in [-0.4, -0.2) is 37.0 Å². The van der Waals surface area contributed by atoms with Crippen LogP contribution in [0.4, 0.5) is 5.69 Å². The molecule has 1 aromatic carbocycles. The number of carbonyl (C=O) groups is 1. The van der Waals surface area contributed by atoms with E-state index < -0.39 is 12.6 Å². The van der Waals surface area contributed by atoms with E-state index in [-0.39, 0.29) is 0 Å². The molecule has 0 aromatic heterocycles. The molecule has 0 aliphatic carbocycles. The first-order valence-electron chi connectivity index (χ1n) is 5.98. The number of benzene rings is 1. The molecule has 1 aromatic rings. The van der Waals surface area contributed by atoms with Crippen molar-refractivity contribution < 1.29 is 14.7 Å². The Bertz CT molecular complexity index is 422. The van der Waals surface area contributed by atoms with E-state index in [0.29, 0.717) is 0 Å². The lowest BCUT2D eigenvalue weighted by molar-refractivity contribution is -0.142. The Morgan fingerprint density at radius 2 is 2.00 bits per heavy atom. The third kappa shape index (κ3) is 3.48. The van der Waals surface area contributed by atoms with Gasteiger partial charge in [-0.2, -0.15) is 0 Å². The van der Waals surface area contributed by atoms with E-state index in [4.69, 9.17) is 5.11 Å². The zero-order valence-electron chi connectivity index (χ0n) is 10.1. The van der Waals surface area contributed by atoms with Crippen molar-refractivity contribution in [2.45, 2.75) is 12.8 Å². The van der Waals surface area contributed by atoms with Crippen LogP contribution in [0, 0.1) is 0 Å². The molecule has 1 heterocycles. The lowest BCUT2D eigenvalue weighted by atomic mass is 10.2. The second kappa shape index (κ2) is 6.05. The van der Waals surface area contributed by atoms with Crippen LogP contribution in [0.15, 0.2) is 29.4 Å². The molecule has 1 saturated heterocycles. The van der Waals surface area contributed by atoms with Crippen LogP contribution in [0.1, 0.15) is 18.4 Å². The number of aliphatic carboxylic acids is 1. The van der Waals surface area contributed by atoms with E-state index in [1.807, 2.05) is 24.3 Å². The maximum absolute atomic E-state index is 10.2. The van der Waals surface area contributed by atoms with Crippen LogP contribution in [0.2, 0.25) is 0 Å². The van der Waals surface area contributed by atoms with Crippen LogP contribution in [0.5, 0.6) is 0 Å². The molecule has 0 radical (unpaired) electrons. The number of nitrogens with zero attached hydrogens (tertiary/aromatic N) is 2. The summed E-state index contributed by atoms with van der Waals surface area (Å²) in [5.41, 5.74) is 2.11. The number of rotatable bonds is 5. The molecule has 1 N–H and O–H groups in total. The predicted molar refractivity (Wildman–Crippen MR) is 69.1 cm³/mol. The van der Waals surface area contributed by atoms with Gasteiger partial charge in [-0.25, -0.2) is 4.79 Å². The van der Waals surface area contributed by atoms with Gasteiger partial charge in [-0.15, -0.1) is 0 Å². The van der Waals surface area contributed by atoms with E-state index in [2.05, 4.69) is 14.9 Å². The van der Waals surface area contributed by atoms with Crippen molar-refractivity contribution in [3.8, 4) is 0 Å². The first kappa shape index (κ1) is 12.4. The topological polar surface area (TPSA) is 62.1 Å². The minimum atomic E-state index is -1.03. The molecule has 2 rings (SSSR count). The predicted octanol–water partition coefficient (Wildman–Crippen LogP) is 1.72. The Labute approximate surface area is 106 Å². The molecule has 0 atom stereocenters. The van der Waals surface area contributed by atoms with Gasteiger partial charge in [-0.1, -0.05) is 17.3 Å². The van der Waals surface area contributed by atoms with Gasteiger partial charge >= 0.3 is 5.97 Å². The lowest BCUT2D eigenvalue weighted by Crippen LogP contribution is -2.17. The molecule has 1 fully saturated rings. The summed E-state index contributed by atoms with van der Waals surface area (Å²) < 4.78 is 0. The smallest absolute Gasteiger partial charge is 0.344 e. The molecule has 96 valence electrons. The summed E-state index contributed by atoms with van der Waals surface area (Å²) in [6.45, 7) is 1.83. The van der Waals surface area contributed by atoms with Crippen LogP contribution in [-0.2, 0) is 9.63 Å². The van der Waals surface area contributed by atoms with E-state index >= 15 is 0 Å². The van der Waals surface area contributed by atoms with Crippen molar-refractivity contribution in [1.29, 1.82) is 0 Å². The number of anilines is 1. The highest BCUT2D eigenvalue weighted by molar-refractivity contribution is 5.80. The molecule has 0 amide bonds. The zero-order chi connectivity index (χ0) is 12.8. The third-order valence-corrected chi connectivity index (χ3v) is 2.83. The second-order valence-electron chi connectivity index (χ2n) is 4.19. The Kier molecular flexibility index (Phi) is 4.17. The molecular weight excluding hydrogens is 232 g/mol. The second-order valence-corrected chi connectivity index (χ2v) is 4.19. The summed E-state index contributed by atoms with van der Waals surface area (Å²) in [6.07, 6.45) is 4.02. The molecule has 0 unspecified atom stereocenters. The number of carboxylic acid groups (broad SMARTS) is 1. The van der Waals surface area contributed by atoms with E-state index in [1.54, 1.807) is 0 Å². The monoisotopic (exact) mass is 248 g/mol. The summed E-state index contributed by atoms with van der Waals surface area (Å²) in [4.78, 5) is 17.1. The number of hydrogen-bond acceptors (Lipinski definition) is 4. The standard InChI is InChI=1S/C13H16N2O3/c16-13(17)10-18-14-9-11-3-5-12(6-4-11)15-7-1-2-8-15/h3-6,9H,1-2,7-8,10H2,(H,16,17). The fraction of sp³-hybridized carbons (Fsp3) is 0.385. The van der Waals surface area contributed by atoms with Gasteiger partial charge in [0.1, 0.15) is 0 Å². The Balaban J connectivity index is 1.88. The molecule has 18 heavy (non-hydrogen) atoms. The summed E-state index contributed by atoms with van der Waals surface area (Å²) in [7, 11) is 0. The average Bonchev–Trinajstić information content (AvgIpc) is 2.89. The van der Waals surface area contributed by atoms with Crippen molar-refractivity contribution in [2.24, 2.45) is 5.16 Å². The number of oxime groups is 1. The van der Waals surface area contributed by atoms with E-state index in [9.17, 15) is 4.79 Å². The Morgan fingerprint density at radius 3 is 2.61 bits per heavy atom. The summed E-state index contributed by atoms with van der Waals surface area (Å²) in [5, 5.41) is 12.0. The SMILES string of the molecule is O=C(O)CON=Cc1ccc(N2CCCC2)cc1. The van der Waals surface area contributed by atoms with Crippen molar-refractivity contribution in [2.75, 3.05) is 24.6 Å². The minimum Gasteiger partial charge on any atom is -0.479 e. The van der Waals surface area contributed by atoms with Gasteiger partial charge in [0, 0.05) is 18.8 Å². The highest BCUT2D eigenvalue weighted by atomic mass is 16.6. The first-order chi connectivity index (χ1) is 8.75. The molecule has 0 bridgehead atoms. The molecular formula is C13H16N2O3. The molecule has 1 aliphatic rings. The van der Waals surface area contributed by atoms with Gasteiger partial charge in [0.15, 0.2) is 0 Å². The van der Waals surface area contributed by atoms with Crippen molar-refractivity contribution in [3.63, 3.8) is 0 Å². The molecule has 0 saturated carbocycles. The van der Waals surface area contributed by atoms with Gasteiger partial charge < -0.3 is 14.8 Å². The molecule has 0 spiro atoms. The number of carboxylic acids is 1. The highest BCUT2D eigenvalue weighted by Gasteiger charge is 2.11. The van der Waals surface area contributed by atoms with Gasteiger partial charge in [-0.05, 0) is 30.5 Å². The fourth-order valence-corrected chi connectivity index (χ4v) is 1.94. The normalized spacial score (nSPS) is 15.2. The van der Waals surface area contributed by atoms with Crippen LogP contribution in [0.3, 0.4) is 0 Å². The van der Waals surface area contributed by atoms with Gasteiger partial charge in [0.2, 0.25) is 6.61 Å². The third-order valence-electron chi connectivity index (χ3n) is 2.83. The summed E-state index contributed by atoms with van der Waals surface area (Å²) in [6, 6.07) is 7.98. The average molecular weight is 248 g/mol. The lowest BCUT2D eigenvalue weighted by Gasteiger charge is -2.17. The van der Waals surface area contributed by atoms with Crippen molar-refractivity contribution in [3.05, 3.63) is 29.8 Å². The quantitative estimate of drug-likeness (QED) is 0.636. The Morgan fingerprint density at radius 1 is 1.33 bits per heavy atom. The van der Waals surface area contributed by atoms with Crippen LogP contribution < -0.4 is 4.90 Å². The maximum atomic E-state index is 10.2. The van der Waals surface area contributed by atoms with Crippen molar-refractivity contribution >= 4 is 17.9 Å². The van der Waals surface area contributed by atoms with Crippen LogP contribution in [0.25, 0.3) is 0 Å².